The van der Waals surface area contributed by atoms with Crippen molar-refractivity contribution in [2.75, 3.05) is 13.4 Å². The highest BCUT2D eigenvalue weighted by molar-refractivity contribution is 7.90. The van der Waals surface area contributed by atoms with Gasteiger partial charge in [-0.25, -0.2) is 12.9 Å². The Morgan fingerprint density at radius 2 is 1.64 bits per heavy atom. The summed E-state index contributed by atoms with van der Waals surface area (Å²) in [6.07, 6.45) is 3.17. The van der Waals surface area contributed by atoms with Crippen molar-refractivity contribution in [2.45, 2.75) is 11.5 Å². The molecule has 0 fully saturated rings. The molecule has 2 heterocycles. The van der Waals surface area contributed by atoms with E-state index in [4.69, 9.17) is 9.84 Å². The van der Waals surface area contributed by atoms with E-state index in [1.54, 1.807) is 19.2 Å². The molecule has 2 aromatic heterocycles. The van der Waals surface area contributed by atoms with Gasteiger partial charge in [-0.2, -0.15) is 5.10 Å². The highest BCUT2D eigenvalue weighted by Gasteiger charge is 2.17. The molecule has 0 radical (unpaired) electrons. The van der Waals surface area contributed by atoms with Crippen LogP contribution in [0, 0.1) is 0 Å². The van der Waals surface area contributed by atoms with E-state index in [9.17, 15) is 8.42 Å². The summed E-state index contributed by atoms with van der Waals surface area (Å²) in [7, 11) is -1.58. The van der Waals surface area contributed by atoms with Crippen LogP contribution in [-0.2, 0) is 21.2 Å². The second-order valence-electron chi connectivity index (χ2n) is 6.69. The zero-order valence-electron chi connectivity index (χ0n) is 15.7. The summed E-state index contributed by atoms with van der Waals surface area (Å²) in [6.45, 7) is 0.509. The number of sulfone groups is 1. The van der Waals surface area contributed by atoms with Gasteiger partial charge in [0.1, 0.15) is 5.69 Å². The molecular weight excluding hydrogens is 372 g/mol. The fourth-order valence-electron chi connectivity index (χ4n) is 3.30. The van der Waals surface area contributed by atoms with Crippen LogP contribution in [0.5, 0.6) is 0 Å². The summed E-state index contributed by atoms with van der Waals surface area (Å²) in [4.78, 5) is 0.302. The van der Waals surface area contributed by atoms with Crippen LogP contribution >= 0.6 is 0 Å². The Labute approximate surface area is 164 Å². The minimum atomic E-state index is -3.24. The van der Waals surface area contributed by atoms with Gasteiger partial charge >= 0.3 is 0 Å². The second-order valence-corrected chi connectivity index (χ2v) is 8.70. The van der Waals surface area contributed by atoms with Crippen molar-refractivity contribution in [3.63, 3.8) is 0 Å². The first-order valence-corrected chi connectivity index (χ1v) is 10.7. The third-order valence-corrected chi connectivity index (χ3v) is 5.75. The number of nitrogens with zero attached hydrogens (tertiary/aromatic N) is 2. The van der Waals surface area contributed by atoms with Gasteiger partial charge < -0.3 is 4.74 Å². The number of benzene rings is 2. The average Bonchev–Trinajstić information content (AvgIpc) is 3.07. The SMILES string of the molecule is COCc1ccc2c(-c3ccc(S(C)(=O)=O)cc3)c(-c3ccccc3)nn2c1. The molecule has 0 saturated carbocycles. The number of ether oxygens (including phenoxy) is 1. The van der Waals surface area contributed by atoms with E-state index in [0.717, 1.165) is 33.5 Å². The fraction of sp³-hybridized carbons (Fsp3) is 0.136. The molecule has 0 amide bonds. The summed E-state index contributed by atoms with van der Waals surface area (Å²) in [5, 5.41) is 4.82. The first-order valence-electron chi connectivity index (χ1n) is 8.83. The second kappa shape index (κ2) is 7.22. The van der Waals surface area contributed by atoms with Crippen LogP contribution in [0.15, 0.2) is 77.8 Å². The molecule has 4 aromatic rings. The van der Waals surface area contributed by atoms with Gasteiger partial charge in [0.2, 0.25) is 0 Å². The standard InChI is InChI=1S/C22H20N2O3S/c1-27-15-16-8-13-20-21(17-9-11-19(12-10-17)28(2,25)26)22(23-24(20)14-16)18-6-4-3-5-7-18/h3-14H,15H2,1-2H3. The summed E-state index contributed by atoms with van der Waals surface area (Å²) in [6, 6.07) is 21.0. The largest absolute Gasteiger partial charge is 0.380 e. The highest BCUT2D eigenvalue weighted by Crippen LogP contribution is 2.35. The van der Waals surface area contributed by atoms with Crippen LogP contribution in [0.3, 0.4) is 0 Å². The lowest BCUT2D eigenvalue weighted by molar-refractivity contribution is 0.184. The molecule has 0 spiro atoms. The van der Waals surface area contributed by atoms with Crippen molar-refractivity contribution < 1.29 is 13.2 Å². The van der Waals surface area contributed by atoms with Gasteiger partial charge in [-0.15, -0.1) is 0 Å². The lowest BCUT2D eigenvalue weighted by Crippen LogP contribution is -1.96. The molecule has 0 atom stereocenters. The summed E-state index contributed by atoms with van der Waals surface area (Å²) in [5.74, 6) is 0. The number of fused-ring (bicyclic) bond motifs is 1. The van der Waals surface area contributed by atoms with E-state index in [1.165, 1.54) is 6.26 Å². The smallest absolute Gasteiger partial charge is 0.175 e. The molecule has 6 heteroatoms. The van der Waals surface area contributed by atoms with E-state index in [0.29, 0.717) is 11.5 Å². The Morgan fingerprint density at radius 1 is 0.929 bits per heavy atom. The third-order valence-electron chi connectivity index (χ3n) is 4.62. The van der Waals surface area contributed by atoms with Gasteiger partial charge in [-0.1, -0.05) is 48.5 Å². The average molecular weight is 392 g/mol. The summed E-state index contributed by atoms with van der Waals surface area (Å²) >= 11 is 0. The third kappa shape index (κ3) is 3.44. The number of aromatic nitrogens is 2. The lowest BCUT2D eigenvalue weighted by Gasteiger charge is -2.06. The normalized spacial score (nSPS) is 11.8. The molecule has 0 saturated heterocycles. The monoisotopic (exact) mass is 392 g/mol. The Hall–Kier alpha value is -2.96. The molecule has 0 N–H and O–H groups in total. The topological polar surface area (TPSA) is 60.7 Å². The van der Waals surface area contributed by atoms with Gasteiger partial charge in [0.15, 0.2) is 9.84 Å². The van der Waals surface area contributed by atoms with Crippen LogP contribution in [0.4, 0.5) is 0 Å². The highest BCUT2D eigenvalue weighted by atomic mass is 32.2. The lowest BCUT2D eigenvalue weighted by atomic mass is 10.00. The van der Waals surface area contributed by atoms with E-state index < -0.39 is 9.84 Å². The van der Waals surface area contributed by atoms with Crippen molar-refractivity contribution >= 4 is 15.4 Å². The quantitative estimate of drug-likeness (QED) is 0.510. The van der Waals surface area contributed by atoms with Crippen LogP contribution in [0.25, 0.3) is 27.9 Å². The van der Waals surface area contributed by atoms with E-state index in [-0.39, 0.29) is 0 Å². The van der Waals surface area contributed by atoms with Crippen molar-refractivity contribution in [3.05, 3.63) is 78.5 Å². The van der Waals surface area contributed by atoms with Crippen molar-refractivity contribution in [1.82, 2.24) is 9.61 Å². The van der Waals surface area contributed by atoms with Crippen LogP contribution in [0.1, 0.15) is 5.56 Å². The Balaban J connectivity index is 1.94. The summed E-state index contributed by atoms with van der Waals surface area (Å²) < 4.78 is 30.7. The van der Waals surface area contributed by atoms with Gasteiger partial charge in [-0.05, 0) is 29.3 Å². The Bertz CT molecular complexity index is 1230. The Morgan fingerprint density at radius 3 is 2.29 bits per heavy atom. The number of rotatable bonds is 5. The van der Waals surface area contributed by atoms with Gasteiger partial charge in [0.25, 0.3) is 0 Å². The van der Waals surface area contributed by atoms with Crippen LogP contribution in [0.2, 0.25) is 0 Å². The molecular formula is C22H20N2O3S. The molecule has 0 unspecified atom stereocenters. The number of methoxy groups -OCH3 is 1. The maximum absolute atomic E-state index is 11.8. The van der Waals surface area contributed by atoms with Gasteiger partial charge in [0.05, 0.1) is 17.0 Å². The molecule has 2 aromatic carbocycles. The maximum atomic E-state index is 11.8. The fourth-order valence-corrected chi connectivity index (χ4v) is 3.93. The van der Waals surface area contributed by atoms with Gasteiger partial charge in [0, 0.05) is 30.7 Å². The Kier molecular flexibility index (Phi) is 4.75. The zero-order chi connectivity index (χ0) is 19.7. The van der Waals surface area contributed by atoms with Crippen LogP contribution in [-0.4, -0.2) is 31.4 Å². The molecule has 4 rings (SSSR count). The van der Waals surface area contributed by atoms with Crippen LogP contribution < -0.4 is 0 Å². The first-order chi connectivity index (χ1) is 13.5. The molecule has 28 heavy (non-hydrogen) atoms. The van der Waals surface area contributed by atoms with E-state index >= 15 is 0 Å². The molecule has 0 aliphatic heterocycles. The molecule has 142 valence electrons. The summed E-state index contributed by atoms with van der Waals surface area (Å²) in [5.41, 5.74) is 5.71. The predicted molar refractivity (Wildman–Crippen MR) is 110 cm³/mol. The molecule has 0 bridgehead atoms. The van der Waals surface area contributed by atoms with Crippen molar-refractivity contribution in [1.29, 1.82) is 0 Å². The predicted octanol–water partition coefficient (Wildman–Crippen LogP) is 4.22. The zero-order valence-corrected chi connectivity index (χ0v) is 16.5. The van der Waals surface area contributed by atoms with Crippen molar-refractivity contribution in [2.24, 2.45) is 0 Å². The first kappa shape index (κ1) is 18.4. The number of hydrogen-bond donors (Lipinski definition) is 0. The molecule has 5 nitrogen and oxygen atoms in total. The van der Waals surface area contributed by atoms with Gasteiger partial charge in [-0.3, -0.25) is 0 Å². The molecule has 0 aliphatic carbocycles. The maximum Gasteiger partial charge on any atom is 0.175 e. The number of hydrogen-bond acceptors (Lipinski definition) is 4. The number of pyridine rings is 1. The minimum absolute atomic E-state index is 0.302. The minimum Gasteiger partial charge on any atom is -0.380 e. The van der Waals surface area contributed by atoms with E-state index in [2.05, 4.69) is 0 Å². The molecule has 0 aliphatic rings. The van der Waals surface area contributed by atoms with E-state index in [1.807, 2.05) is 65.3 Å². The van der Waals surface area contributed by atoms with Crippen molar-refractivity contribution in [3.8, 4) is 22.4 Å².